The first-order chi connectivity index (χ1) is 14.0. The van der Waals surface area contributed by atoms with Gasteiger partial charge in [-0.3, -0.25) is 19.5 Å². The number of alkyl halides is 6. The number of hydrogen-bond donors (Lipinski definition) is 1. The summed E-state index contributed by atoms with van der Waals surface area (Å²) in [4.78, 5) is 26.9. The highest BCUT2D eigenvalue weighted by molar-refractivity contribution is 5.94. The van der Waals surface area contributed by atoms with Gasteiger partial charge in [0.05, 0.1) is 17.5 Å². The molecule has 4 rings (SSSR count). The lowest BCUT2D eigenvalue weighted by Crippen LogP contribution is -2.33. The van der Waals surface area contributed by atoms with Crippen molar-refractivity contribution in [1.29, 1.82) is 0 Å². The third kappa shape index (κ3) is 3.21. The standard InChI is InChI=1S/C17H9F6N5O2/c18-16(19,20)9-3-1-2-8(6-9)11-4-5-27-13-10(7-24-28(11)13)12(29)25-15(27)26-14(30)17(21,22)23/h1-4,6-7H,5H2,(H,25,26,29,30). The first-order valence-electron chi connectivity index (χ1n) is 8.22. The Morgan fingerprint density at radius 2 is 1.87 bits per heavy atom. The van der Waals surface area contributed by atoms with Gasteiger partial charge in [0.15, 0.2) is 5.65 Å². The molecular formula is C17H9F6N5O2. The van der Waals surface area contributed by atoms with Gasteiger partial charge in [0.2, 0.25) is 5.95 Å². The van der Waals surface area contributed by atoms with E-state index in [2.05, 4.69) is 10.1 Å². The molecule has 0 fully saturated rings. The lowest BCUT2D eigenvalue weighted by Gasteiger charge is -2.21. The van der Waals surface area contributed by atoms with E-state index in [0.717, 1.165) is 27.6 Å². The molecule has 2 aromatic heterocycles. The molecule has 1 aromatic carbocycles. The fourth-order valence-corrected chi connectivity index (χ4v) is 3.05. The summed E-state index contributed by atoms with van der Waals surface area (Å²) in [5.41, 5.74) is -1.54. The van der Waals surface area contributed by atoms with E-state index in [9.17, 15) is 35.9 Å². The summed E-state index contributed by atoms with van der Waals surface area (Å²) < 4.78 is 79.1. The molecule has 30 heavy (non-hydrogen) atoms. The average molecular weight is 429 g/mol. The molecule has 0 spiro atoms. The van der Waals surface area contributed by atoms with Crippen LogP contribution in [-0.4, -0.2) is 31.4 Å². The SMILES string of the molecule is O=C(Nc1nc(=O)c2cnn3c2n1CC=C3c1cccc(C(F)(F)F)c1)C(F)(F)F. The number of benzene rings is 1. The highest BCUT2D eigenvalue weighted by atomic mass is 19.4. The van der Waals surface area contributed by atoms with Crippen molar-refractivity contribution in [3.63, 3.8) is 0 Å². The van der Waals surface area contributed by atoms with Crippen molar-refractivity contribution < 1.29 is 31.1 Å². The zero-order valence-corrected chi connectivity index (χ0v) is 14.5. The fourth-order valence-electron chi connectivity index (χ4n) is 3.05. The number of carbonyl (C=O) groups is 1. The maximum absolute atomic E-state index is 13.0. The van der Waals surface area contributed by atoms with Gasteiger partial charge in [-0.1, -0.05) is 12.1 Å². The van der Waals surface area contributed by atoms with Crippen LogP contribution in [0.15, 0.2) is 41.3 Å². The van der Waals surface area contributed by atoms with Gasteiger partial charge in [-0.15, -0.1) is 0 Å². The number of halogens is 6. The highest BCUT2D eigenvalue weighted by Crippen LogP contribution is 2.33. The Morgan fingerprint density at radius 1 is 1.13 bits per heavy atom. The predicted molar refractivity (Wildman–Crippen MR) is 91.3 cm³/mol. The molecule has 3 heterocycles. The van der Waals surface area contributed by atoms with Crippen LogP contribution in [0.1, 0.15) is 11.1 Å². The summed E-state index contributed by atoms with van der Waals surface area (Å²) in [6.45, 7) is -0.172. The third-order valence-corrected chi connectivity index (χ3v) is 4.36. The van der Waals surface area contributed by atoms with Gasteiger partial charge >= 0.3 is 18.3 Å². The molecule has 0 saturated carbocycles. The van der Waals surface area contributed by atoms with Crippen molar-refractivity contribution in [2.24, 2.45) is 0 Å². The molecule has 7 nitrogen and oxygen atoms in total. The van der Waals surface area contributed by atoms with E-state index in [-0.39, 0.29) is 28.8 Å². The molecule has 1 N–H and O–H groups in total. The summed E-state index contributed by atoms with van der Waals surface area (Å²) in [6, 6.07) is 4.37. The van der Waals surface area contributed by atoms with Crippen LogP contribution in [0.25, 0.3) is 16.7 Å². The van der Waals surface area contributed by atoms with Crippen LogP contribution in [0.3, 0.4) is 0 Å². The lowest BCUT2D eigenvalue weighted by molar-refractivity contribution is -0.167. The van der Waals surface area contributed by atoms with E-state index in [1.54, 1.807) is 0 Å². The Labute approximate surface area is 162 Å². The first kappa shape index (κ1) is 19.7. The second-order valence-electron chi connectivity index (χ2n) is 6.26. The van der Waals surface area contributed by atoms with Gasteiger partial charge in [0.1, 0.15) is 5.39 Å². The first-order valence-corrected chi connectivity index (χ1v) is 8.22. The van der Waals surface area contributed by atoms with Crippen LogP contribution in [0, 0.1) is 0 Å². The van der Waals surface area contributed by atoms with Crippen LogP contribution < -0.4 is 10.9 Å². The number of nitrogens with zero attached hydrogens (tertiary/aromatic N) is 4. The second-order valence-corrected chi connectivity index (χ2v) is 6.26. The van der Waals surface area contributed by atoms with Crippen molar-refractivity contribution in [3.05, 3.63) is 58.0 Å². The lowest BCUT2D eigenvalue weighted by atomic mass is 10.1. The Morgan fingerprint density at radius 3 is 2.53 bits per heavy atom. The molecule has 0 unspecified atom stereocenters. The molecule has 0 bridgehead atoms. The fraction of sp³-hybridized carbons (Fsp3) is 0.176. The van der Waals surface area contributed by atoms with E-state index in [1.807, 2.05) is 0 Å². The predicted octanol–water partition coefficient (Wildman–Crippen LogP) is 3.02. The Hall–Kier alpha value is -3.64. The zero-order chi connectivity index (χ0) is 21.8. The molecule has 0 radical (unpaired) electrons. The molecule has 156 valence electrons. The smallest absolute Gasteiger partial charge is 0.292 e. The van der Waals surface area contributed by atoms with Crippen LogP contribution in [0.4, 0.5) is 32.3 Å². The number of carbonyl (C=O) groups excluding carboxylic acids is 1. The van der Waals surface area contributed by atoms with Gasteiger partial charge in [0.25, 0.3) is 5.56 Å². The highest BCUT2D eigenvalue weighted by Gasteiger charge is 2.40. The van der Waals surface area contributed by atoms with Gasteiger partial charge in [0, 0.05) is 12.1 Å². The molecule has 0 aliphatic carbocycles. The Bertz CT molecular complexity index is 1270. The quantitative estimate of drug-likeness (QED) is 0.635. The van der Waals surface area contributed by atoms with Gasteiger partial charge in [-0.25, -0.2) is 4.68 Å². The van der Waals surface area contributed by atoms with Crippen LogP contribution in [-0.2, 0) is 17.5 Å². The van der Waals surface area contributed by atoms with Gasteiger partial charge < -0.3 is 0 Å². The van der Waals surface area contributed by atoms with Crippen LogP contribution >= 0.6 is 0 Å². The molecule has 0 saturated heterocycles. The third-order valence-electron chi connectivity index (χ3n) is 4.36. The Balaban J connectivity index is 1.85. The molecule has 0 atom stereocenters. The minimum atomic E-state index is -5.21. The van der Waals surface area contributed by atoms with Gasteiger partial charge in [-0.2, -0.15) is 36.4 Å². The van der Waals surface area contributed by atoms with Gasteiger partial charge in [-0.05, 0) is 18.2 Å². The summed E-state index contributed by atoms with van der Waals surface area (Å²) >= 11 is 0. The van der Waals surface area contributed by atoms with Crippen molar-refractivity contribution >= 4 is 28.6 Å². The monoisotopic (exact) mass is 429 g/mol. The number of rotatable bonds is 2. The number of amides is 1. The summed E-state index contributed by atoms with van der Waals surface area (Å²) in [6.07, 6.45) is -7.30. The topological polar surface area (TPSA) is 81.8 Å². The molecule has 1 aliphatic rings. The van der Waals surface area contributed by atoms with Crippen molar-refractivity contribution in [2.75, 3.05) is 5.32 Å². The van der Waals surface area contributed by atoms with Crippen LogP contribution in [0.2, 0.25) is 0 Å². The summed E-state index contributed by atoms with van der Waals surface area (Å²) in [7, 11) is 0. The van der Waals surface area contributed by atoms with Crippen molar-refractivity contribution in [2.45, 2.75) is 18.9 Å². The normalized spacial score (nSPS) is 14.0. The number of aromatic nitrogens is 4. The number of nitrogens with one attached hydrogen (secondary N) is 1. The minimum absolute atomic E-state index is 0.0117. The van der Waals surface area contributed by atoms with Crippen LogP contribution in [0.5, 0.6) is 0 Å². The summed E-state index contributed by atoms with van der Waals surface area (Å²) in [5.74, 6) is -2.98. The van der Waals surface area contributed by atoms with Crippen molar-refractivity contribution in [3.8, 4) is 0 Å². The summed E-state index contributed by atoms with van der Waals surface area (Å²) in [5, 5.41) is 5.44. The van der Waals surface area contributed by atoms with E-state index in [1.165, 1.54) is 23.5 Å². The molecular weight excluding hydrogens is 420 g/mol. The van der Waals surface area contributed by atoms with Crippen molar-refractivity contribution in [1.82, 2.24) is 19.3 Å². The number of allylic oxidation sites excluding steroid dienone is 1. The Kier molecular flexibility index (Phi) is 4.22. The molecule has 13 heteroatoms. The van der Waals surface area contributed by atoms with E-state index in [0.29, 0.717) is 0 Å². The molecule has 1 aliphatic heterocycles. The zero-order valence-electron chi connectivity index (χ0n) is 14.5. The average Bonchev–Trinajstić information content (AvgIpc) is 3.10. The number of anilines is 1. The maximum atomic E-state index is 13.0. The maximum Gasteiger partial charge on any atom is 0.471 e. The largest absolute Gasteiger partial charge is 0.471 e. The molecule has 1 amide bonds. The second kappa shape index (κ2) is 6.43. The number of hydrogen-bond acceptors (Lipinski definition) is 4. The molecule has 3 aromatic rings. The minimum Gasteiger partial charge on any atom is -0.292 e. The van der Waals surface area contributed by atoms with E-state index < -0.39 is 35.3 Å². The van der Waals surface area contributed by atoms with E-state index in [4.69, 9.17) is 0 Å². The van der Waals surface area contributed by atoms with E-state index >= 15 is 0 Å².